The second kappa shape index (κ2) is 6.76. The number of carbonyl (C=O) groups excluding carboxylic acids is 2. The number of hydrogen-bond donors (Lipinski definition) is 1. The predicted octanol–water partition coefficient (Wildman–Crippen LogP) is 3.38. The molecular weight excluding hydrogens is 348 g/mol. The number of rotatable bonds is 2. The first kappa shape index (κ1) is 17.1. The lowest BCUT2D eigenvalue weighted by molar-refractivity contribution is -0.129. The molecular formula is C20H22N2O3S. The molecule has 6 heteroatoms. The first-order valence-electron chi connectivity index (χ1n) is 8.93. The molecule has 3 heterocycles. The summed E-state index contributed by atoms with van der Waals surface area (Å²) in [6.45, 7) is 0.673. The van der Waals surface area contributed by atoms with E-state index in [4.69, 9.17) is 4.74 Å². The van der Waals surface area contributed by atoms with Crippen LogP contribution in [0.25, 0.3) is 0 Å². The minimum Gasteiger partial charge on any atom is -0.487 e. The van der Waals surface area contributed by atoms with Crippen LogP contribution in [0.4, 0.5) is 0 Å². The summed E-state index contributed by atoms with van der Waals surface area (Å²) < 4.78 is 6.41. The van der Waals surface area contributed by atoms with Crippen molar-refractivity contribution >= 4 is 23.2 Å². The molecule has 2 atom stereocenters. The maximum absolute atomic E-state index is 12.6. The van der Waals surface area contributed by atoms with Gasteiger partial charge < -0.3 is 15.0 Å². The van der Waals surface area contributed by atoms with E-state index in [1.54, 1.807) is 4.90 Å². The van der Waals surface area contributed by atoms with Gasteiger partial charge in [-0.15, -0.1) is 11.3 Å². The zero-order chi connectivity index (χ0) is 18.1. The first-order valence-corrected chi connectivity index (χ1v) is 9.81. The van der Waals surface area contributed by atoms with Gasteiger partial charge in [0, 0.05) is 38.4 Å². The van der Waals surface area contributed by atoms with Crippen LogP contribution in [0.15, 0.2) is 41.8 Å². The van der Waals surface area contributed by atoms with Gasteiger partial charge in [0.2, 0.25) is 5.91 Å². The van der Waals surface area contributed by atoms with Gasteiger partial charge in [0.25, 0.3) is 5.91 Å². The van der Waals surface area contributed by atoms with E-state index in [2.05, 4.69) is 5.32 Å². The molecule has 1 saturated heterocycles. The normalized spacial score (nSPS) is 25.3. The number of likely N-dealkylation sites (tertiary alicyclic amines) is 1. The monoisotopic (exact) mass is 370 g/mol. The molecule has 0 aliphatic carbocycles. The maximum atomic E-state index is 12.6. The number of hydrogen-bond acceptors (Lipinski definition) is 4. The lowest BCUT2D eigenvalue weighted by atomic mass is 9.82. The highest BCUT2D eigenvalue weighted by molar-refractivity contribution is 7.12. The highest BCUT2D eigenvalue weighted by Gasteiger charge is 2.43. The number of nitrogens with zero attached hydrogens (tertiary/aromatic N) is 1. The lowest BCUT2D eigenvalue weighted by Crippen LogP contribution is -2.45. The molecule has 0 saturated carbocycles. The molecule has 2 aliphatic heterocycles. The van der Waals surface area contributed by atoms with Crippen molar-refractivity contribution in [3.05, 3.63) is 52.2 Å². The first-order chi connectivity index (χ1) is 12.6. The number of carbonyl (C=O) groups is 2. The van der Waals surface area contributed by atoms with Crippen LogP contribution in [-0.2, 0) is 4.79 Å². The predicted molar refractivity (Wildman–Crippen MR) is 100 cm³/mol. The molecule has 2 amide bonds. The second-order valence-corrected chi connectivity index (χ2v) is 8.04. The molecule has 1 spiro atoms. The number of thiophene rings is 1. The summed E-state index contributed by atoms with van der Waals surface area (Å²) in [5, 5.41) is 5.09. The largest absolute Gasteiger partial charge is 0.487 e. The molecule has 1 fully saturated rings. The standard InChI is InChI=1S/C20H22N2O3S/c1-22-11-10-20(9-8-18(22)23)13-15(14-5-2-3-6-16(14)25-20)21-19(24)17-7-4-12-26-17/h2-7,12,15H,8-11,13H2,1H3,(H,21,24)/t15-,20+/m1/s1. The quantitative estimate of drug-likeness (QED) is 0.882. The van der Waals surface area contributed by atoms with Crippen molar-refractivity contribution in [2.75, 3.05) is 13.6 Å². The molecule has 0 bridgehead atoms. The van der Waals surface area contributed by atoms with Gasteiger partial charge in [-0.2, -0.15) is 0 Å². The van der Waals surface area contributed by atoms with Crippen LogP contribution in [0.2, 0.25) is 0 Å². The molecule has 136 valence electrons. The lowest BCUT2D eigenvalue weighted by Gasteiger charge is -2.42. The Labute approximate surface area is 157 Å². The highest BCUT2D eigenvalue weighted by atomic mass is 32.1. The molecule has 5 nitrogen and oxygen atoms in total. The summed E-state index contributed by atoms with van der Waals surface area (Å²) in [5.41, 5.74) is 0.592. The van der Waals surface area contributed by atoms with E-state index in [0.717, 1.165) is 17.7 Å². The van der Waals surface area contributed by atoms with Crippen LogP contribution in [0.1, 0.15) is 47.0 Å². The summed E-state index contributed by atoms with van der Waals surface area (Å²) in [4.78, 5) is 27.2. The Bertz CT molecular complexity index is 820. The number of nitrogens with one attached hydrogen (secondary N) is 1. The molecule has 2 aromatic rings. The minimum absolute atomic E-state index is 0.0568. The summed E-state index contributed by atoms with van der Waals surface area (Å²) in [6, 6.07) is 11.5. The summed E-state index contributed by atoms with van der Waals surface area (Å²) in [7, 11) is 1.84. The van der Waals surface area contributed by atoms with E-state index in [9.17, 15) is 9.59 Å². The molecule has 26 heavy (non-hydrogen) atoms. The van der Waals surface area contributed by atoms with Crippen LogP contribution < -0.4 is 10.1 Å². The third-order valence-corrected chi connectivity index (χ3v) is 6.24. The van der Waals surface area contributed by atoms with Gasteiger partial charge in [-0.1, -0.05) is 24.3 Å². The summed E-state index contributed by atoms with van der Waals surface area (Å²) in [5.74, 6) is 0.911. The zero-order valence-corrected chi connectivity index (χ0v) is 15.6. The van der Waals surface area contributed by atoms with Gasteiger partial charge in [-0.25, -0.2) is 0 Å². The fourth-order valence-corrected chi connectivity index (χ4v) is 4.46. The Morgan fingerprint density at radius 3 is 2.92 bits per heavy atom. The van der Waals surface area contributed by atoms with Crippen LogP contribution in [0.3, 0.4) is 0 Å². The fraction of sp³-hybridized carbons (Fsp3) is 0.400. The molecule has 0 unspecified atom stereocenters. The SMILES string of the molecule is CN1CC[C@@]2(CCC1=O)C[C@@H](NC(=O)c1cccs1)c1ccccc1O2. The average Bonchev–Trinajstić information content (AvgIpc) is 3.15. The van der Waals surface area contributed by atoms with E-state index < -0.39 is 5.60 Å². The molecule has 1 N–H and O–H groups in total. The van der Waals surface area contributed by atoms with Gasteiger partial charge in [0.15, 0.2) is 0 Å². The van der Waals surface area contributed by atoms with Gasteiger partial charge >= 0.3 is 0 Å². The summed E-state index contributed by atoms with van der Waals surface area (Å²) >= 11 is 1.44. The van der Waals surface area contributed by atoms with Gasteiger partial charge in [0.05, 0.1) is 10.9 Å². The van der Waals surface area contributed by atoms with E-state index in [1.165, 1.54) is 11.3 Å². The van der Waals surface area contributed by atoms with Crippen molar-refractivity contribution in [1.29, 1.82) is 0 Å². The van der Waals surface area contributed by atoms with Crippen molar-refractivity contribution in [3.8, 4) is 5.75 Å². The van der Waals surface area contributed by atoms with E-state index in [1.807, 2.05) is 48.8 Å². The zero-order valence-electron chi connectivity index (χ0n) is 14.7. The molecule has 0 radical (unpaired) electrons. The maximum Gasteiger partial charge on any atom is 0.261 e. The number of ether oxygens (including phenoxy) is 1. The van der Waals surface area contributed by atoms with Crippen LogP contribution in [0.5, 0.6) is 5.75 Å². The smallest absolute Gasteiger partial charge is 0.261 e. The van der Waals surface area contributed by atoms with Gasteiger partial charge in [0.1, 0.15) is 11.4 Å². The fourth-order valence-electron chi connectivity index (χ4n) is 3.84. The molecule has 2 aliphatic rings. The Morgan fingerprint density at radius 1 is 1.27 bits per heavy atom. The Hall–Kier alpha value is -2.34. The van der Waals surface area contributed by atoms with Crippen molar-refractivity contribution in [2.45, 2.75) is 37.3 Å². The number of amides is 2. The van der Waals surface area contributed by atoms with Crippen LogP contribution in [0, 0.1) is 0 Å². The number of para-hydroxylation sites is 1. The minimum atomic E-state index is -0.415. The van der Waals surface area contributed by atoms with Crippen molar-refractivity contribution in [3.63, 3.8) is 0 Å². The highest BCUT2D eigenvalue weighted by Crippen LogP contribution is 2.44. The Balaban J connectivity index is 1.63. The van der Waals surface area contributed by atoms with E-state index >= 15 is 0 Å². The Kier molecular flexibility index (Phi) is 4.44. The molecule has 1 aromatic heterocycles. The van der Waals surface area contributed by atoms with Crippen LogP contribution >= 0.6 is 11.3 Å². The summed E-state index contributed by atoms with van der Waals surface area (Å²) in [6.07, 6.45) is 2.61. The topological polar surface area (TPSA) is 58.6 Å². The average molecular weight is 370 g/mol. The third-order valence-electron chi connectivity index (χ3n) is 5.37. The van der Waals surface area contributed by atoms with E-state index in [0.29, 0.717) is 30.7 Å². The third kappa shape index (κ3) is 3.21. The van der Waals surface area contributed by atoms with Crippen molar-refractivity contribution in [1.82, 2.24) is 10.2 Å². The van der Waals surface area contributed by atoms with Gasteiger partial charge in [-0.05, 0) is 23.9 Å². The molecule has 1 aromatic carbocycles. The molecule has 4 rings (SSSR count). The van der Waals surface area contributed by atoms with Gasteiger partial charge in [-0.3, -0.25) is 9.59 Å². The number of benzene rings is 1. The second-order valence-electron chi connectivity index (χ2n) is 7.10. The van der Waals surface area contributed by atoms with Crippen LogP contribution in [-0.4, -0.2) is 35.9 Å². The van der Waals surface area contributed by atoms with Crippen molar-refractivity contribution in [2.24, 2.45) is 0 Å². The number of fused-ring (bicyclic) bond motifs is 1. The van der Waals surface area contributed by atoms with Crippen molar-refractivity contribution < 1.29 is 14.3 Å². The Morgan fingerprint density at radius 2 is 2.12 bits per heavy atom. The van der Waals surface area contributed by atoms with E-state index in [-0.39, 0.29) is 17.9 Å².